The second-order valence-electron chi connectivity index (χ2n) is 6.23. The summed E-state index contributed by atoms with van der Waals surface area (Å²) >= 11 is 0. The Hall–Kier alpha value is -3.81. The van der Waals surface area contributed by atoms with Crippen molar-refractivity contribution in [2.45, 2.75) is 13.8 Å². The Morgan fingerprint density at radius 1 is 1.00 bits per heavy atom. The maximum absolute atomic E-state index is 12.0. The average Bonchev–Trinajstić information content (AvgIpc) is 2.70. The Balaban J connectivity index is 1.79. The van der Waals surface area contributed by atoms with Crippen LogP contribution in [-0.2, 0) is 0 Å². The number of nitrogens with one attached hydrogen (secondary N) is 2. The van der Waals surface area contributed by atoms with Crippen LogP contribution in [0, 0.1) is 0 Å². The van der Waals surface area contributed by atoms with Crippen LogP contribution >= 0.6 is 0 Å². The van der Waals surface area contributed by atoms with E-state index in [4.69, 9.17) is 9.47 Å². The molecule has 2 aromatic heterocycles. The SMILES string of the molecule is CCOc1cc2nccc(Nc3ccc4[nH]c(=O)oc(=O)c4c3)c2cc1OCC. The molecule has 0 aliphatic carbocycles. The fourth-order valence-corrected chi connectivity index (χ4v) is 3.13. The van der Waals surface area contributed by atoms with Gasteiger partial charge in [-0.2, -0.15) is 0 Å². The van der Waals surface area contributed by atoms with Gasteiger partial charge in [0.15, 0.2) is 11.5 Å². The van der Waals surface area contributed by atoms with Gasteiger partial charge in [0.1, 0.15) is 0 Å². The summed E-state index contributed by atoms with van der Waals surface area (Å²) in [7, 11) is 0. The number of nitrogens with zero attached hydrogens (tertiary/aromatic N) is 1. The second-order valence-corrected chi connectivity index (χ2v) is 6.23. The van der Waals surface area contributed by atoms with E-state index in [1.54, 1.807) is 24.4 Å². The van der Waals surface area contributed by atoms with Crippen molar-refractivity contribution in [3.63, 3.8) is 0 Å². The molecule has 4 aromatic rings. The zero-order chi connectivity index (χ0) is 20.4. The number of pyridine rings is 1. The highest BCUT2D eigenvalue weighted by molar-refractivity contribution is 5.95. The first kappa shape index (κ1) is 18.5. The molecule has 8 nitrogen and oxygen atoms in total. The van der Waals surface area contributed by atoms with Crippen molar-refractivity contribution in [2.75, 3.05) is 18.5 Å². The van der Waals surface area contributed by atoms with Gasteiger partial charge in [0.05, 0.1) is 29.6 Å². The van der Waals surface area contributed by atoms with Crippen molar-refractivity contribution in [3.8, 4) is 11.5 Å². The lowest BCUT2D eigenvalue weighted by molar-refractivity contribution is 0.288. The third-order valence-corrected chi connectivity index (χ3v) is 4.35. The highest BCUT2D eigenvalue weighted by Gasteiger charge is 2.12. The number of fused-ring (bicyclic) bond motifs is 2. The summed E-state index contributed by atoms with van der Waals surface area (Å²) in [4.78, 5) is 30.2. The van der Waals surface area contributed by atoms with Gasteiger partial charge in [0.2, 0.25) is 0 Å². The number of hydrogen-bond donors (Lipinski definition) is 2. The van der Waals surface area contributed by atoms with E-state index in [0.717, 1.165) is 16.6 Å². The Labute approximate surface area is 165 Å². The van der Waals surface area contributed by atoms with Gasteiger partial charge in [0.25, 0.3) is 0 Å². The van der Waals surface area contributed by atoms with Crippen molar-refractivity contribution in [1.29, 1.82) is 0 Å². The smallest absolute Gasteiger partial charge is 0.419 e. The van der Waals surface area contributed by atoms with Gasteiger partial charge in [-0.3, -0.25) is 9.97 Å². The van der Waals surface area contributed by atoms with Gasteiger partial charge in [0, 0.05) is 29.0 Å². The molecule has 0 radical (unpaired) electrons. The average molecular weight is 393 g/mol. The first-order valence-electron chi connectivity index (χ1n) is 9.21. The molecule has 29 heavy (non-hydrogen) atoms. The standard InChI is InChI=1S/C21H19N3O5/c1-3-27-18-10-13-16(7-8-22-17(13)11-19(18)28-4-2)23-12-5-6-15-14(9-12)20(25)29-21(26)24-15/h5-11H,3-4H2,1-2H3,(H,22,23)(H,24,26). The molecule has 0 aliphatic rings. The zero-order valence-electron chi connectivity index (χ0n) is 15.9. The Bertz CT molecular complexity index is 1310. The zero-order valence-corrected chi connectivity index (χ0v) is 15.9. The number of H-pyrrole nitrogens is 1. The lowest BCUT2D eigenvalue weighted by atomic mass is 10.1. The molecule has 8 heteroatoms. The number of hydrogen-bond acceptors (Lipinski definition) is 7. The third-order valence-electron chi connectivity index (χ3n) is 4.35. The summed E-state index contributed by atoms with van der Waals surface area (Å²) in [6.07, 6.45) is 1.69. The van der Waals surface area contributed by atoms with Gasteiger partial charge in [-0.05, 0) is 44.2 Å². The van der Waals surface area contributed by atoms with E-state index < -0.39 is 11.4 Å². The minimum Gasteiger partial charge on any atom is -0.490 e. The van der Waals surface area contributed by atoms with Crippen LogP contribution in [0.1, 0.15) is 13.8 Å². The minimum atomic E-state index is -0.781. The van der Waals surface area contributed by atoms with Gasteiger partial charge < -0.3 is 19.2 Å². The molecule has 0 fully saturated rings. The van der Waals surface area contributed by atoms with E-state index in [2.05, 4.69) is 19.7 Å². The predicted octanol–water partition coefficient (Wildman–Crippen LogP) is 3.57. The molecule has 0 saturated heterocycles. The van der Waals surface area contributed by atoms with Crippen molar-refractivity contribution >= 4 is 33.2 Å². The highest BCUT2D eigenvalue weighted by Crippen LogP contribution is 2.36. The fourth-order valence-electron chi connectivity index (χ4n) is 3.13. The van der Waals surface area contributed by atoms with Gasteiger partial charge >= 0.3 is 11.4 Å². The maximum Gasteiger partial charge on any atom is 0.419 e. The summed E-state index contributed by atoms with van der Waals surface area (Å²) in [5.41, 5.74) is 1.92. The molecule has 2 heterocycles. The van der Waals surface area contributed by atoms with Crippen LogP contribution in [0.3, 0.4) is 0 Å². The van der Waals surface area contributed by atoms with Crippen LogP contribution < -0.4 is 26.2 Å². The summed E-state index contributed by atoms with van der Waals surface area (Å²) < 4.78 is 16.0. The summed E-state index contributed by atoms with van der Waals surface area (Å²) in [6.45, 7) is 4.85. The highest BCUT2D eigenvalue weighted by atomic mass is 16.5. The molecule has 148 valence electrons. The van der Waals surface area contributed by atoms with E-state index in [1.807, 2.05) is 32.0 Å². The molecule has 0 amide bonds. The van der Waals surface area contributed by atoms with Crippen molar-refractivity contribution in [3.05, 3.63) is 63.6 Å². The molecular formula is C21H19N3O5. The van der Waals surface area contributed by atoms with Gasteiger partial charge in [-0.15, -0.1) is 0 Å². The summed E-state index contributed by atoms with van der Waals surface area (Å²) in [5.74, 6) is 0.491. The topological polar surface area (TPSA) is 106 Å². The molecule has 0 unspecified atom stereocenters. The van der Waals surface area contributed by atoms with Gasteiger partial charge in [-0.25, -0.2) is 9.59 Å². The lowest BCUT2D eigenvalue weighted by Crippen LogP contribution is -2.14. The molecule has 2 N–H and O–H groups in total. The van der Waals surface area contributed by atoms with Crippen LogP contribution in [-0.4, -0.2) is 23.2 Å². The Kier molecular flexibility index (Phi) is 4.90. The van der Waals surface area contributed by atoms with E-state index in [0.29, 0.717) is 35.9 Å². The summed E-state index contributed by atoms with van der Waals surface area (Å²) in [6, 6.07) is 10.6. The van der Waals surface area contributed by atoms with Crippen molar-refractivity contribution < 1.29 is 13.9 Å². The van der Waals surface area contributed by atoms with Crippen molar-refractivity contribution in [2.24, 2.45) is 0 Å². The molecule has 0 atom stereocenters. The molecule has 0 aliphatic heterocycles. The minimum absolute atomic E-state index is 0.279. The van der Waals surface area contributed by atoms with Crippen molar-refractivity contribution in [1.82, 2.24) is 9.97 Å². The Morgan fingerprint density at radius 3 is 2.52 bits per heavy atom. The van der Waals surface area contributed by atoms with Crippen LogP contribution in [0.15, 0.2) is 56.6 Å². The molecule has 0 bridgehead atoms. The molecule has 2 aromatic carbocycles. The molecular weight excluding hydrogens is 374 g/mol. The summed E-state index contributed by atoms with van der Waals surface area (Å²) in [5, 5.41) is 4.41. The number of benzene rings is 2. The molecule has 4 rings (SSSR count). The van der Waals surface area contributed by atoms with Crippen LogP contribution in [0.4, 0.5) is 11.4 Å². The van der Waals surface area contributed by atoms with E-state index in [-0.39, 0.29) is 5.39 Å². The molecule has 0 saturated carbocycles. The lowest BCUT2D eigenvalue weighted by Gasteiger charge is -2.14. The largest absolute Gasteiger partial charge is 0.490 e. The monoisotopic (exact) mass is 393 g/mol. The van der Waals surface area contributed by atoms with E-state index in [9.17, 15) is 9.59 Å². The first-order chi connectivity index (χ1) is 14.1. The quantitative estimate of drug-likeness (QED) is 0.516. The van der Waals surface area contributed by atoms with E-state index in [1.165, 1.54) is 0 Å². The fraction of sp³-hybridized carbons (Fsp3) is 0.190. The van der Waals surface area contributed by atoms with Crippen LogP contribution in [0.2, 0.25) is 0 Å². The first-order valence-corrected chi connectivity index (χ1v) is 9.21. The third kappa shape index (κ3) is 3.64. The second kappa shape index (κ2) is 7.67. The van der Waals surface area contributed by atoms with E-state index >= 15 is 0 Å². The number of anilines is 2. The Morgan fingerprint density at radius 2 is 1.76 bits per heavy atom. The molecule has 0 spiro atoms. The number of rotatable bonds is 6. The maximum atomic E-state index is 12.0. The predicted molar refractivity (Wildman–Crippen MR) is 110 cm³/mol. The number of aromatic amines is 1. The number of ether oxygens (including phenoxy) is 2. The van der Waals surface area contributed by atoms with Gasteiger partial charge in [-0.1, -0.05) is 0 Å². The normalized spacial score (nSPS) is 11.0. The van der Waals surface area contributed by atoms with Crippen LogP contribution in [0.25, 0.3) is 21.8 Å². The van der Waals surface area contributed by atoms with Crippen LogP contribution in [0.5, 0.6) is 11.5 Å². The number of aromatic nitrogens is 2.